The van der Waals surface area contributed by atoms with Gasteiger partial charge >= 0.3 is 0 Å². The Balaban J connectivity index is 1.67. The fourth-order valence-corrected chi connectivity index (χ4v) is 4.69. The van der Waals surface area contributed by atoms with Crippen LogP contribution in [0, 0.1) is 17.0 Å². The molecule has 0 atom stereocenters. The topological polar surface area (TPSA) is 113 Å². The van der Waals surface area contributed by atoms with Crippen LogP contribution in [0.2, 0.25) is 0 Å². The van der Waals surface area contributed by atoms with Crippen molar-refractivity contribution in [2.45, 2.75) is 12.7 Å². The number of piperazine rings is 1. The van der Waals surface area contributed by atoms with E-state index in [1.165, 1.54) is 16.4 Å². The van der Waals surface area contributed by atoms with Crippen LogP contribution in [0.3, 0.4) is 0 Å². The molecule has 1 amide bonds. The molecule has 0 aromatic heterocycles. The summed E-state index contributed by atoms with van der Waals surface area (Å²) >= 11 is 0. The average molecular weight is 433 g/mol. The van der Waals surface area contributed by atoms with Crippen LogP contribution in [0.15, 0.2) is 42.5 Å². The molecule has 1 N–H and O–H groups in total. The second-order valence-electron chi connectivity index (χ2n) is 7.37. The SMILES string of the molecule is Cc1ccc([N+](=O)[O-])cc1NC(=O)c1ccc(CS(=O)(=O)N2CCN(C)CC2)cc1. The van der Waals surface area contributed by atoms with Crippen LogP contribution in [0.5, 0.6) is 0 Å². The smallest absolute Gasteiger partial charge is 0.271 e. The molecule has 9 nitrogen and oxygen atoms in total. The number of rotatable bonds is 6. The molecule has 0 radical (unpaired) electrons. The van der Waals surface area contributed by atoms with E-state index in [0.29, 0.717) is 48.6 Å². The largest absolute Gasteiger partial charge is 0.321 e. The number of likely N-dealkylation sites (N-methyl/N-ethyl adjacent to an activating group) is 1. The van der Waals surface area contributed by atoms with Gasteiger partial charge in [-0.05, 0) is 37.2 Å². The van der Waals surface area contributed by atoms with Gasteiger partial charge in [0.05, 0.1) is 16.4 Å². The van der Waals surface area contributed by atoms with Gasteiger partial charge in [-0.25, -0.2) is 8.42 Å². The number of non-ortho nitro benzene ring substituents is 1. The number of carbonyl (C=O) groups excluding carboxylic acids is 1. The van der Waals surface area contributed by atoms with Gasteiger partial charge in [0, 0.05) is 43.9 Å². The number of aryl methyl sites for hydroxylation is 1. The number of anilines is 1. The van der Waals surface area contributed by atoms with Gasteiger partial charge in [0.25, 0.3) is 11.6 Å². The maximum atomic E-state index is 12.6. The first-order valence-electron chi connectivity index (χ1n) is 9.47. The van der Waals surface area contributed by atoms with Gasteiger partial charge in [0.1, 0.15) is 0 Å². The number of hydrogen-bond acceptors (Lipinski definition) is 6. The lowest BCUT2D eigenvalue weighted by molar-refractivity contribution is -0.384. The molecule has 1 heterocycles. The fraction of sp³-hybridized carbons (Fsp3) is 0.350. The molecule has 1 saturated heterocycles. The zero-order valence-corrected chi connectivity index (χ0v) is 17.7. The van der Waals surface area contributed by atoms with Crippen molar-refractivity contribution in [3.63, 3.8) is 0 Å². The Hall–Kier alpha value is -2.82. The van der Waals surface area contributed by atoms with E-state index >= 15 is 0 Å². The molecule has 30 heavy (non-hydrogen) atoms. The zero-order chi connectivity index (χ0) is 21.9. The first-order valence-corrected chi connectivity index (χ1v) is 11.1. The Labute approximate surface area is 175 Å². The summed E-state index contributed by atoms with van der Waals surface area (Å²) in [5, 5.41) is 13.6. The summed E-state index contributed by atoms with van der Waals surface area (Å²) in [6, 6.07) is 10.6. The van der Waals surface area contributed by atoms with Crippen molar-refractivity contribution in [3.05, 3.63) is 69.3 Å². The molecule has 0 aliphatic carbocycles. The summed E-state index contributed by atoms with van der Waals surface area (Å²) in [5.41, 5.74) is 1.87. The van der Waals surface area contributed by atoms with Crippen molar-refractivity contribution in [2.75, 3.05) is 38.5 Å². The molecule has 0 spiro atoms. The predicted molar refractivity (Wildman–Crippen MR) is 114 cm³/mol. The average Bonchev–Trinajstić information content (AvgIpc) is 2.70. The minimum absolute atomic E-state index is 0.111. The van der Waals surface area contributed by atoms with E-state index < -0.39 is 20.9 Å². The lowest BCUT2D eigenvalue weighted by Gasteiger charge is -2.31. The normalized spacial score (nSPS) is 15.7. The molecule has 1 fully saturated rings. The highest BCUT2D eigenvalue weighted by Gasteiger charge is 2.25. The number of amides is 1. The van der Waals surface area contributed by atoms with E-state index in [1.807, 2.05) is 7.05 Å². The standard InChI is InChI=1S/C20H24N4O5S/c1-15-3-8-18(24(26)27)13-19(15)21-20(25)17-6-4-16(5-7-17)14-30(28,29)23-11-9-22(2)10-12-23/h3-8,13H,9-12,14H2,1-2H3,(H,21,25). The van der Waals surface area contributed by atoms with E-state index in [2.05, 4.69) is 10.2 Å². The summed E-state index contributed by atoms with van der Waals surface area (Å²) in [6.45, 7) is 4.10. The van der Waals surface area contributed by atoms with Crippen molar-refractivity contribution >= 4 is 27.3 Å². The number of nitro groups is 1. The van der Waals surface area contributed by atoms with E-state index in [0.717, 1.165) is 0 Å². The van der Waals surface area contributed by atoms with Crippen LogP contribution in [0.1, 0.15) is 21.5 Å². The second kappa shape index (κ2) is 8.90. The molecular weight excluding hydrogens is 408 g/mol. The molecule has 0 saturated carbocycles. The third-order valence-corrected chi connectivity index (χ3v) is 6.95. The predicted octanol–water partition coefficient (Wildman–Crippen LogP) is 2.23. The van der Waals surface area contributed by atoms with Crippen molar-refractivity contribution < 1.29 is 18.1 Å². The second-order valence-corrected chi connectivity index (χ2v) is 9.33. The minimum Gasteiger partial charge on any atom is -0.321 e. The summed E-state index contributed by atoms with van der Waals surface area (Å²) in [6.07, 6.45) is 0. The van der Waals surface area contributed by atoms with Crippen molar-refractivity contribution in [1.29, 1.82) is 0 Å². The van der Waals surface area contributed by atoms with E-state index in [9.17, 15) is 23.3 Å². The van der Waals surface area contributed by atoms with Crippen LogP contribution in [0.25, 0.3) is 0 Å². The van der Waals surface area contributed by atoms with Crippen LogP contribution >= 0.6 is 0 Å². The van der Waals surface area contributed by atoms with E-state index in [-0.39, 0.29) is 11.4 Å². The molecule has 3 rings (SSSR count). The molecule has 0 bridgehead atoms. The van der Waals surface area contributed by atoms with Gasteiger partial charge in [-0.15, -0.1) is 0 Å². The third-order valence-electron chi connectivity index (χ3n) is 5.10. The Bertz CT molecular complexity index is 1050. The lowest BCUT2D eigenvalue weighted by Crippen LogP contribution is -2.47. The Morgan fingerprint density at radius 3 is 2.33 bits per heavy atom. The number of hydrogen-bond donors (Lipinski definition) is 1. The van der Waals surface area contributed by atoms with Crippen molar-refractivity contribution in [1.82, 2.24) is 9.21 Å². The summed E-state index contributed by atoms with van der Waals surface area (Å²) in [7, 11) is -1.46. The van der Waals surface area contributed by atoms with Crippen LogP contribution < -0.4 is 5.32 Å². The molecule has 160 valence electrons. The van der Waals surface area contributed by atoms with Gasteiger partial charge in [-0.3, -0.25) is 14.9 Å². The molecular formula is C20H24N4O5S. The Morgan fingerprint density at radius 1 is 1.10 bits per heavy atom. The highest BCUT2D eigenvalue weighted by atomic mass is 32.2. The van der Waals surface area contributed by atoms with Crippen molar-refractivity contribution in [2.24, 2.45) is 0 Å². The molecule has 10 heteroatoms. The maximum absolute atomic E-state index is 12.6. The third kappa shape index (κ3) is 5.21. The zero-order valence-electron chi connectivity index (χ0n) is 16.9. The van der Waals surface area contributed by atoms with Crippen LogP contribution in [-0.4, -0.2) is 61.7 Å². The highest BCUT2D eigenvalue weighted by molar-refractivity contribution is 7.88. The van der Waals surface area contributed by atoms with Gasteiger partial charge in [0.2, 0.25) is 10.0 Å². The molecule has 2 aromatic carbocycles. The number of sulfonamides is 1. The van der Waals surface area contributed by atoms with Crippen LogP contribution in [0.4, 0.5) is 11.4 Å². The molecule has 0 unspecified atom stereocenters. The number of benzene rings is 2. The minimum atomic E-state index is -3.42. The maximum Gasteiger partial charge on any atom is 0.271 e. The van der Waals surface area contributed by atoms with E-state index in [1.54, 1.807) is 37.3 Å². The summed E-state index contributed by atoms with van der Waals surface area (Å²) in [5.74, 6) is -0.546. The van der Waals surface area contributed by atoms with Gasteiger partial charge in [-0.2, -0.15) is 4.31 Å². The van der Waals surface area contributed by atoms with Crippen LogP contribution in [-0.2, 0) is 15.8 Å². The summed E-state index contributed by atoms with van der Waals surface area (Å²) in [4.78, 5) is 25.0. The molecule has 1 aliphatic rings. The monoisotopic (exact) mass is 432 g/mol. The number of carbonyl (C=O) groups is 1. The highest BCUT2D eigenvalue weighted by Crippen LogP contribution is 2.22. The number of nitrogens with one attached hydrogen (secondary N) is 1. The number of nitro benzene ring substituents is 1. The Kier molecular flexibility index (Phi) is 6.49. The lowest BCUT2D eigenvalue weighted by atomic mass is 10.1. The van der Waals surface area contributed by atoms with Crippen molar-refractivity contribution in [3.8, 4) is 0 Å². The number of nitrogens with zero attached hydrogens (tertiary/aromatic N) is 3. The quantitative estimate of drug-likeness (QED) is 0.553. The van der Waals surface area contributed by atoms with Gasteiger partial charge < -0.3 is 10.2 Å². The first kappa shape index (κ1) is 21.9. The van der Waals surface area contributed by atoms with E-state index in [4.69, 9.17) is 0 Å². The summed E-state index contributed by atoms with van der Waals surface area (Å²) < 4.78 is 26.7. The molecule has 1 aliphatic heterocycles. The van der Waals surface area contributed by atoms with Gasteiger partial charge in [0.15, 0.2) is 0 Å². The fourth-order valence-electron chi connectivity index (χ4n) is 3.17. The molecule has 2 aromatic rings. The van der Waals surface area contributed by atoms with Gasteiger partial charge in [-0.1, -0.05) is 18.2 Å². The Morgan fingerprint density at radius 2 is 1.73 bits per heavy atom. The first-order chi connectivity index (χ1) is 14.2.